The van der Waals surface area contributed by atoms with Crippen molar-refractivity contribution in [2.75, 3.05) is 32.7 Å². The lowest BCUT2D eigenvalue weighted by Crippen LogP contribution is -2.46. The number of nitrogens with zero attached hydrogens (tertiary/aromatic N) is 1. The summed E-state index contributed by atoms with van der Waals surface area (Å²) in [5.41, 5.74) is 0. The van der Waals surface area contributed by atoms with Gasteiger partial charge in [0.05, 0.1) is 13.1 Å². The zero-order valence-electron chi connectivity index (χ0n) is 12.6. The van der Waals surface area contributed by atoms with E-state index in [1.165, 1.54) is 12.8 Å². The van der Waals surface area contributed by atoms with E-state index < -0.39 is 5.97 Å². The van der Waals surface area contributed by atoms with Gasteiger partial charge in [0, 0.05) is 12.6 Å². The number of hydrogen-bond acceptors (Lipinski definition) is 4. The Morgan fingerprint density at radius 2 is 1.90 bits per heavy atom. The van der Waals surface area contributed by atoms with Crippen molar-refractivity contribution in [1.29, 1.82) is 0 Å². The van der Waals surface area contributed by atoms with Gasteiger partial charge < -0.3 is 15.7 Å². The molecular formula is C15H27N3O3. The lowest BCUT2D eigenvalue weighted by Gasteiger charge is -2.32. The first-order valence-electron chi connectivity index (χ1n) is 8.07. The molecule has 6 heteroatoms. The minimum atomic E-state index is -0.821. The predicted molar refractivity (Wildman–Crippen MR) is 80.1 cm³/mol. The summed E-state index contributed by atoms with van der Waals surface area (Å²) in [6.45, 7) is 3.05. The molecule has 2 rings (SSSR count). The minimum Gasteiger partial charge on any atom is -0.480 e. The van der Waals surface area contributed by atoms with E-state index >= 15 is 0 Å². The van der Waals surface area contributed by atoms with Crippen LogP contribution in [-0.4, -0.2) is 60.6 Å². The van der Waals surface area contributed by atoms with Crippen LogP contribution in [-0.2, 0) is 9.59 Å². The molecule has 120 valence electrons. The number of hydrogen-bond donors (Lipinski definition) is 3. The van der Waals surface area contributed by atoms with Gasteiger partial charge in [-0.15, -0.1) is 0 Å². The summed E-state index contributed by atoms with van der Waals surface area (Å²) in [6.07, 6.45) is 6.88. The Labute approximate surface area is 126 Å². The molecule has 2 fully saturated rings. The fourth-order valence-electron chi connectivity index (χ4n) is 3.39. The van der Waals surface area contributed by atoms with Crippen molar-refractivity contribution >= 4 is 11.9 Å². The highest BCUT2D eigenvalue weighted by Gasteiger charge is 2.23. The first-order valence-corrected chi connectivity index (χ1v) is 8.07. The number of nitrogens with one attached hydrogen (secondary N) is 2. The molecule has 0 aromatic carbocycles. The smallest absolute Gasteiger partial charge is 0.317 e. The first-order chi connectivity index (χ1) is 10.1. The molecule has 1 aliphatic heterocycles. The van der Waals surface area contributed by atoms with Gasteiger partial charge >= 0.3 is 5.97 Å². The molecule has 1 saturated heterocycles. The van der Waals surface area contributed by atoms with Gasteiger partial charge in [0.1, 0.15) is 0 Å². The number of carboxylic acids is 1. The van der Waals surface area contributed by atoms with E-state index in [1.807, 2.05) is 0 Å². The van der Waals surface area contributed by atoms with Gasteiger partial charge in [-0.25, -0.2) is 0 Å². The van der Waals surface area contributed by atoms with E-state index in [1.54, 1.807) is 0 Å². The van der Waals surface area contributed by atoms with Crippen molar-refractivity contribution in [2.45, 2.75) is 44.6 Å². The molecule has 1 unspecified atom stereocenters. The van der Waals surface area contributed by atoms with Gasteiger partial charge in [0.25, 0.3) is 0 Å². The largest absolute Gasteiger partial charge is 0.480 e. The van der Waals surface area contributed by atoms with Crippen LogP contribution in [0.5, 0.6) is 0 Å². The Kier molecular flexibility index (Phi) is 6.45. The summed E-state index contributed by atoms with van der Waals surface area (Å²) in [5.74, 6) is -0.239. The van der Waals surface area contributed by atoms with Crippen LogP contribution in [0.25, 0.3) is 0 Å². The summed E-state index contributed by atoms with van der Waals surface area (Å²) in [7, 11) is 0. The zero-order valence-corrected chi connectivity index (χ0v) is 12.6. The molecule has 2 aliphatic rings. The molecular weight excluding hydrogens is 270 g/mol. The molecule has 0 radical (unpaired) electrons. The quantitative estimate of drug-likeness (QED) is 0.635. The lowest BCUT2D eigenvalue weighted by atomic mass is 9.98. The summed E-state index contributed by atoms with van der Waals surface area (Å²) in [4.78, 5) is 24.7. The zero-order chi connectivity index (χ0) is 15.1. The number of piperidine rings is 1. The number of rotatable bonds is 7. The molecule has 1 aliphatic carbocycles. The van der Waals surface area contributed by atoms with Crippen LogP contribution in [0.15, 0.2) is 0 Å². The second kappa shape index (κ2) is 8.34. The Balaban J connectivity index is 1.65. The Hall–Kier alpha value is -1.14. The van der Waals surface area contributed by atoms with E-state index in [0.717, 1.165) is 38.8 Å². The van der Waals surface area contributed by atoms with Gasteiger partial charge in [-0.2, -0.15) is 0 Å². The fraction of sp³-hybridized carbons (Fsp3) is 0.867. The normalized spacial score (nSPS) is 24.1. The van der Waals surface area contributed by atoms with Crippen molar-refractivity contribution < 1.29 is 14.7 Å². The van der Waals surface area contributed by atoms with Gasteiger partial charge in [0.15, 0.2) is 0 Å². The Morgan fingerprint density at radius 3 is 2.62 bits per heavy atom. The van der Waals surface area contributed by atoms with Crippen LogP contribution in [0.3, 0.4) is 0 Å². The van der Waals surface area contributed by atoms with Crippen molar-refractivity contribution in [3.05, 3.63) is 0 Å². The van der Waals surface area contributed by atoms with Gasteiger partial charge in [-0.1, -0.05) is 12.8 Å². The van der Waals surface area contributed by atoms with Crippen LogP contribution >= 0.6 is 0 Å². The van der Waals surface area contributed by atoms with Gasteiger partial charge in [0.2, 0.25) is 5.91 Å². The van der Waals surface area contributed by atoms with Crippen LogP contribution in [0, 0.1) is 5.92 Å². The van der Waals surface area contributed by atoms with Crippen LogP contribution in [0.2, 0.25) is 0 Å². The molecule has 1 heterocycles. The Morgan fingerprint density at radius 1 is 1.14 bits per heavy atom. The fourth-order valence-corrected chi connectivity index (χ4v) is 3.39. The molecule has 1 atom stereocenters. The second-order valence-corrected chi connectivity index (χ2v) is 6.32. The van der Waals surface area contributed by atoms with Crippen molar-refractivity contribution in [3.63, 3.8) is 0 Å². The van der Waals surface area contributed by atoms with E-state index in [4.69, 9.17) is 5.11 Å². The van der Waals surface area contributed by atoms with Gasteiger partial charge in [-0.3, -0.25) is 14.5 Å². The number of amides is 1. The van der Waals surface area contributed by atoms with E-state index in [9.17, 15) is 9.59 Å². The van der Waals surface area contributed by atoms with Gasteiger partial charge in [-0.05, 0) is 44.7 Å². The standard InChI is InChI=1S/C15H27N3O3/c19-14(17-13-5-1-2-6-13)11-18-7-3-4-12(10-18)8-16-9-15(20)21/h12-13,16H,1-11H2,(H,17,19)(H,20,21). The lowest BCUT2D eigenvalue weighted by molar-refractivity contribution is -0.136. The highest BCUT2D eigenvalue weighted by Crippen LogP contribution is 2.18. The third-order valence-electron chi connectivity index (χ3n) is 4.40. The predicted octanol–water partition coefficient (Wildman–Crippen LogP) is 0.431. The molecule has 6 nitrogen and oxygen atoms in total. The van der Waals surface area contributed by atoms with Crippen molar-refractivity contribution in [1.82, 2.24) is 15.5 Å². The van der Waals surface area contributed by atoms with E-state index in [-0.39, 0.29) is 12.5 Å². The minimum absolute atomic E-state index is 0.0126. The van der Waals surface area contributed by atoms with E-state index in [2.05, 4.69) is 15.5 Å². The maximum Gasteiger partial charge on any atom is 0.317 e. The number of likely N-dealkylation sites (tertiary alicyclic amines) is 1. The summed E-state index contributed by atoms with van der Waals surface area (Å²) in [6, 6.07) is 0.385. The number of carbonyl (C=O) groups excluding carboxylic acids is 1. The molecule has 1 amide bonds. The van der Waals surface area contributed by atoms with Crippen LogP contribution in [0.4, 0.5) is 0 Å². The van der Waals surface area contributed by atoms with Crippen molar-refractivity contribution in [2.24, 2.45) is 5.92 Å². The SMILES string of the molecule is O=C(O)CNCC1CCCN(CC(=O)NC2CCCC2)C1. The van der Waals surface area contributed by atoms with Crippen molar-refractivity contribution in [3.8, 4) is 0 Å². The monoisotopic (exact) mass is 297 g/mol. The third kappa shape index (κ3) is 6.01. The van der Waals surface area contributed by atoms with Crippen LogP contribution in [0.1, 0.15) is 38.5 Å². The molecule has 1 saturated carbocycles. The molecule has 0 bridgehead atoms. The maximum absolute atomic E-state index is 12.0. The second-order valence-electron chi connectivity index (χ2n) is 6.32. The van der Waals surface area contributed by atoms with Crippen LogP contribution < -0.4 is 10.6 Å². The third-order valence-corrected chi connectivity index (χ3v) is 4.40. The average Bonchev–Trinajstić information content (AvgIpc) is 2.91. The summed E-state index contributed by atoms with van der Waals surface area (Å²) < 4.78 is 0. The molecule has 0 spiro atoms. The first kappa shape index (κ1) is 16.2. The number of carboxylic acid groups (broad SMARTS) is 1. The average molecular weight is 297 g/mol. The number of aliphatic carboxylic acids is 1. The maximum atomic E-state index is 12.0. The summed E-state index contributed by atoms with van der Waals surface area (Å²) in [5, 5.41) is 14.7. The molecule has 0 aromatic rings. The summed E-state index contributed by atoms with van der Waals surface area (Å²) >= 11 is 0. The van der Waals surface area contributed by atoms with E-state index in [0.29, 0.717) is 25.0 Å². The highest BCUT2D eigenvalue weighted by molar-refractivity contribution is 5.78. The Bertz CT molecular complexity index is 356. The highest BCUT2D eigenvalue weighted by atomic mass is 16.4. The molecule has 3 N–H and O–H groups in total. The molecule has 0 aromatic heterocycles. The topological polar surface area (TPSA) is 81.7 Å². The number of carbonyl (C=O) groups is 2. The molecule has 21 heavy (non-hydrogen) atoms.